The topological polar surface area (TPSA) is 72.8 Å². The molecule has 2 aromatic carbocycles. The van der Waals surface area contributed by atoms with Gasteiger partial charge in [0.05, 0.1) is 23.3 Å². The number of carbonyl (C=O) groups excluding carboxylic acids is 2. The predicted molar refractivity (Wildman–Crippen MR) is 98.9 cm³/mol. The van der Waals surface area contributed by atoms with Gasteiger partial charge in [0.2, 0.25) is 0 Å². The second kappa shape index (κ2) is 9.92. The molecule has 0 aromatic heterocycles. The van der Waals surface area contributed by atoms with E-state index >= 15 is 0 Å². The van der Waals surface area contributed by atoms with Crippen molar-refractivity contribution in [1.29, 1.82) is 0 Å². The largest absolute Gasteiger partial charge is 0.507 e. The van der Waals surface area contributed by atoms with Gasteiger partial charge in [-0.05, 0) is 48.9 Å². The number of rotatable bonds is 7. The zero-order valence-electron chi connectivity index (χ0n) is 16.6. The van der Waals surface area contributed by atoms with Gasteiger partial charge in [-0.15, -0.1) is 0 Å². The Bertz CT molecular complexity index is 951. The molecular weight excluding hydrogens is 446 g/mol. The molecule has 1 N–H and O–H groups in total. The molecule has 1 atom stereocenters. The van der Waals surface area contributed by atoms with Gasteiger partial charge in [-0.25, -0.2) is 9.59 Å². The van der Waals surface area contributed by atoms with Gasteiger partial charge < -0.3 is 14.6 Å². The van der Waals surface area contributed by atoms with E-state index in [2.05, 4.69) is 0 Å². The standard InChI is InChI=1S/C21H18F6O5/c1-2-15(32-18(29)12-3-5-13(6-4-12)20(22,23)24)9-10-31-19(30)16-8-7-14(11-17(16)28)21(25,26)27/h3-8,11,15,28H,2,9-10H2,1H3. The first-order valence-corrected chi connectivity index (χ1v) is 9.28. The molecule has 0 saturated carbocycles. The zero-order chi connectivity index (χ0) is 24.1. The number of aromatic hydroxyl groups is 1. The highest BCUT2D eigenvalue weighted by Crippen LogP contribution is 2.33. The fourth-order valence-corrected chi connectivity index (χ4v) is 2.60. The summed E-state index contributed by atoms with van der Waals surface area (Å²) in [6.45, 7) is 1.38. The Kier molecular flexibility index (Phi) is 7.76. The van der Waals surface area contributed by atoms with E-state index in [0.29, 0.717) is 18.6 Å². The summed E-state index contributed by atoms with van der Waals surface area (Å²) >= 11 is 0. The number of hydrogen-bond acceptors (Lipinski definition) is 5. The molecule has 174 valence electrons. The van der Waals surface area contributed by atoms with Crippen molar-refractivity contribution in [3.05, 3.63) is 64.7 Å². The molecule has 0 saturated heterocycles. The normalized spacial score (nSPS) is 12.8. The van der Waals surface area contributed by atoms with Crippen LogP contribution >= 0.6 is 0 Å². The third-order valence-electron chi connectivity index (χ3n) is 4.39. The second-order valence-electron chi connectivity index (χ2n) is 6.66. The minimum Gasteiger partial charge on any atom is -0.507 e. The molecule has 11 heteroatoms. The fraction of sp³-hybridized carbons (Fsp3) is 0.333. The van der Waals surface area contributed by atoms with Crippen LogP contribution in [0.15, 0.2) is 42.5 Å². The van der Waals surface area contributed by atoms with E-state index in [1.54, 1.807) is 6.92 Å². The molecule has 0 bridgehead atoms. The van der Waals surface area contributed by atoms with Crippen LogP contribution in [-0.4, -0.2) is 29.8 Å². The number of benzene rings is 2. The van der Waals surface area contributed by atoms with Gasteiger partial charge in [0.15, 0.2) is 0 Å². The number of esters is 2. The molecule has 0 aliphatic heterocycles. The van der Waals surface area contributed by atoms with E-state index in [0.717, 1.165) is 30.3 Å². The maximum Gasteiger partial charge on any atom is 0.416 e. The van der Waals surface area contributed by atoms with Crippen LogP contribution in [0, 0.1) is 0 Å². The van der Waals surface area contributed by atoms with E-state index in [-0.39, 0.29) is 18.6 Å². The van der Waals surface area contributed by atoms with Crippen molar-refractivity contribution in [3.8, 4) is 5.75 Å². The lowest BCUT2D eigenvalue weighted by Gasteiger charge is -2.17. The Labute approximate surface area is 178 Å². The summed E-state index contributed by atoms with van der Waals surface area (Å²) in [5, 5.41) is 9.65. The Hall–Kier alpha value is -3.24. The fourth-order valence-electron chi connectivity index (χ4n) is 2.60. The van der Waals surface area contributed by atoms with Crippen molar-refractivity contribution in [2.75, 3.05) is 6.61 Å². The SMILES string of the molecule is CCC(CCOC(=O)c1ccc(C(F)(F)F)cc1O)OC(=O)c1ccc(C(F)(F)F)cc1. The molecule has 2 rings (SSSR count). The molecule has 1 unspecified atom stereocenters. The maximum absolute atomic E-state index is 12.6. The monoisotopic (exact) mass is 464 g/mol. The molecule has 0 radical (unpaired) electrons. The molecule has 0 aliphatic rings. The van der Waals surface area contributed by atoms with Crippen molar-refractivity contribution in [2.45, 2.75) is 38.2 Å². The highest BCUT2D eigenvalue weighted by atomic mass is 19.4. The second-order valence-corrected chi connectivity index (χ2v) is 6.66. The number of halogens is 6. The molecule has 0 heterocycles. The lowest BCUT2D eigenvalue weighted by molar-refractivity contribution is -0.138. The van der Waals surface area contributed by atoms with Gasteiger partial charge in [0, 0.05) is 6.42 Å². The van der Waals surface area contributed by atoms with E-state index in [1.807, 2.05) is 0 Å². The zero-order valence-corrected chi connectivity index (χ0v) is 16.6. The van der Waals surface area contributed by atoms with Crippen LogP contribution in [0.25, 0.3) is 0 Å². The highest BCUT2D eigenvalue weighted by molar-refractivity contribution is 5.92. The minimum absolute atomic E-state index is 0.0238. The molecule has 32 heavy (non-hydrogen) atoms. The van der Waals surface area contributed by atoms with Crippen LogP contribution < -0.4 is 0 Å². The molecule has 0 aliphatic carbocycles. The number of carbonyl (C=O) groups is 2. The molecule has 0 fully saturated rings. The number of alkyl halides is 6. The van der Waals surface area contributed by atoms with E-state index in [4.69, 9.17) is 9.47 Å². The Morgan fingerprint density at radius 3 is 1.97 bits per heavy atom. The average Bonchev–Trinajstić information content (AvgIpc) is 2.71. The van der Waals surface area contributed by atoms with Crippen LogP contribution in [0.3, 0.4) is 0 Å². The summed E-state index contributed by atoms with van der Waals surface area (Å²) in [7, 11) is 0. The van der Waals surface area contributed by atoms with Crippen molar-refractivity contribution in [1.82, 2.24) is 0 Å². The van der Waals surface area contributed by atoms with Crippen molar-refractivity contribution >= 4 is 11.9 Å². The number of hydrogen-bond donors (Lipinski definition) is 1. The van der Waals surface area contributed by atoms with E-state index in [1.165, 1.54) is 0 Å². The minimum atomic E-state index is -4.69. The maximum atomic E-state index is 12.6. The van der Waals surface area contributed by atoms with Crippen molar-refractivity contribution < 1.29 is 50.5 Å². The third kappa shape index (κ3) is 6.63. The van der Waals surface area contributed by atoms with Crippen LogP contribution in [0.2, 0.25) is 0 Å². The van der Waals surface area contributed by atoms with Crippen LogP contribution in [-0.2, 0) is 21.8 Å². The molecule has 0 spiro atoms. The molecular formula is C21H18F6O5. The summed E-state index contributed by atoms with van der Waals surface area (Å²) in [4.78, 5) is 24.1. The smallest absolute Gasteiger partial charge is 0.416 e. The first kappa shape index (κ1) is 25.0. The molecule has 2 aromatic rings. The van der Waals surface area contributed by atoms with Crippen LogP contribution in [0.4, 0.5) is 26.3 Å². The average molecular weight is 464 g/mol. The quantitative estimate of drug-likeness (QED) is 0.426. The third-order valence-corrected chi connectivity index (χ3v) is 4.39. The summed E-state index contributed by atoms with van der Waals surface area (Å²) in [5.74, 6) is -2.83. The van der Waals surface area contributed by atoms with Gasteiger partial charge >= 0.3 is 24.3 Å². The van der Waals surface area contributed by atoms with Crippen molar-refractivity contribution in [2.24, 2.45) is 0 Å². The van der Waals surface area contributed by atoms with Gasteiger partial charge in [0.25, 0.3) is 0 Å². The first-order valence-electron chi connectivity index (χ1n) is 9.28. The lowest BCUT2D eigenvalue weighted by Crippen LogP contribution is -2.20. The Balaban J connectivity index is 1.91. The van der Waals surface area contributed by atoms with Gasteiger partial charge in [-0.2, -0.15) is 26.3 Å². The Morgan fingerprint density at radius 2 is 1.47 bits per heavy atom. The summed E-state index contributed by atoms with van der Waals surface area (Å²) in [6.07, 6.45) is -9.64. The van der Waals surface area contributed by atoms with Gasteiger partial charge in [-0.3, -0.25) is 0 Å². The molecule has 0 amide bonds. The van der Waals surface area contributed by atoms with Crippen LogP contribution in [0.1, 0.15) is 51.6 Å². The van der Waals surface area contributed by atoms with E-state index in [9.17, 15) is 41.0 Å². The number of phenols is 1. The van der Waals surface area contributed by atoms with E-state index < -0.39 is 52.8 Å². The van der Waals surface area contributed by atoms with Crippen LogP contribution in [0.5, 0.6) is 5.75 Å². The van der Waals surface area contributed by atoms with Gasteiger partial charge in [-0.1, -0.05) is 6.92 Å². The Morgan fingerprint density at radius 1 is 0.906 bits per heavy atom. The first-order chi connectivity index (χ1) is 14.8. The lowest BCUT2D eigenvalue weighted by atomic mass is 10.1. The number of ether oxygens (including phenoxy) is 2. The molecule has 5 nitrogen and oxygen atoms in total. The predicted octanol–water partition coefficient (Wildman–Crippen LogP) is 5.61. The van der Waals surface area contributed by atoms with Crippen molar-refractivity contribution in [3.63, 3.8) is 0 Å². The summed E-state index contributed by atoms with van der Waals surface area (Å²) in [6, 6.07) is 5.25. The highest BCUT2D eigenvalue weighted by Gasteiger charge is 2.32. The summed E-state index contributed by atoms with van der Waals surface area (Å²) in [5.41, 5.74) is -2.61. The summed E-state index contributed by atoms with van der Waals surface area (Å²) < 4.78 is 85.7. The number of phenolic OH excluding ortho intramolecular Hbond substituents is 1. The van der Waals surface area contributed by atoms with Gasteiger partial charge in [0.1, 0.15) is 17.4 Å².